The summed E-state index contributed by atoms with van der Waals surface area (Å²) in [4.78, 5) is -0.464. The molecule has 11 heteroatoms. The maximum Gasteiger partial charge on any atom is 0.442 e. The summed E-state index contributed by atoms with van der Waals surface area (Å²) in [6.45, 7) is 3.52. The molecule has 0 aliphatic heterocycles. The Kier molecular flexibility index (Phi) is 6.75. The summed E-state index contributed by atoms with van der Waals surface area (Å²) < 4.78 is 88.3. The van der Waals surface area contributed by atoms with Crippen LogP contribution in [0.3, 0.4) is 0 Å². The van der Waals surface area contributed by atoms with E-state index in [2.05, 4.69) is 13.4 Å². The minimum Gasteiger partial charge on any atom is -0.304 e. The summed E-state index contributed by atoms with van der Waals surface area (Å²) in [6.07, 6.45) is -5.31. The molecule has 0 amide bonds. The normalized spacial score (nSPS) is 14.0. The maximum absolute atomic E-state index is 13.2. The van der Waals surface area contributed by atoms with Gasteiger partial charge in [-0.25, -0.2) is 0 Å². The van der Waals surface area contributed by atoms with E-state index < -0.39 is 34.1 Å². The third-order valence-electron chi connectivity index (χ3n) is 2.64. The van der Waals surface area contributed by atoms with Crippen molar-refractivity contribution in [3.63, 3.8) is 0 Å². The van der Waals surface area contributed by atoms with E-state index in [1.54, 1.807) is 6.92 Å². The second-order valence-electron chi connectivity index (χ2n) is 4.53. The fraction of sp³-hybridized carbons (Fsp3) is 0.462. The molecule has 0 spiro atoms. The molecule has 136 valence electrons. The van der Waals surface area contributed by atoms with Crippen LogP contribution in [-0.2, 0) is 23.6 Å². The van der Waals surface area contributed by atoms with E-state index in [4.69, 9.17) is 0 Å². The van der Waals surface area contributed by atoms with Crippen LogP contribution in [0.5, 0.6) is 0 Å². The lowest BCUT2D eigenvalue weighted by atomic mass is 10.2. The molecule has 24 heavy (non-hydrogen) atoms. The Labute approximate surface area is 138 Å². The standard InChI is InChI=1S/C13H17F3NO5PS/c1-4-21-23(18,22-5-2)12(13(14,15)16)17-24(19,20)11-8-6-10(3)7-9-11/h6-9H,4-5H2,1-3H3/b17-12-. The van der Waals surface area contributed by atoms with Crippen LogP contribution in [0.1, 0.15) is 19.4 Å². The van der Waals surface area contributed by atoms with E-state index >= 15 is 0 Å². The zero-order valence-corrected chi connectivity index (χ0v) is 14.9. The molecule has 0 N–H and O–H groups in total. The highest BCUT2D eigenvalue weighted by molar-refractivity contribution is 7.91. The minimum absolute atomic E-state index is 0.378. The summed E-state index contributed by atoms with van der Waals surface area (Å²) >= 11 is 0. The van der Waals surface area contributed by atoms with Crippen LogP contribution in [0, 0.1) is 6.92 Å². The lowest BCUT2D eigenvalue weighted by Gasteiger charge is -2.20. The molecule has 0 aliphatic rings. The minimum atomic E-state index is -5.31. The zero-order valence-electron chi connectivity index (χ0n) is 13.2. The summed E-state index contributed by atoms with van der Waals surface area (Å²) in [5.74, 6) is 0. The molecule has 0 heterocycles. The molecule has 0 aliphatic carbocycles. The van der Waals surface area contributed by atoms with E-state index in [9.17, 15) is 26.2 Å². The fourth-order valence-corrected chi connectivity index (χ4v) is 4.58. The van der Waals surface area contributed by atoms with Gasteiger partial charge in [0, 0.05) is 0 Å². The molecular weight excluding hydrogens is 370 g/mol. The van der Waals surface area contributed by atoms with Crippen LogP contribution in [0.4, 0.5) is 13.2 Å². The van der Waals surface area contributed by atoms with Crippen LogP contribution in [0.2, 0.25) is 0 Å². The first kappa shape index (κ1) is 20.8. The second-order valence-corrected chi connectivity index (χ2v) is 8.07. The van der Waals surface area contributed by atoms with E-state index in [1.807, 2.05) is 0 Å². The predicted molar refractivity (Wildman–Crippen MR) is 82.7 cm³/mol. The third kappa shape index (κ3) is 5.14. The summed E-state index contributed by atoms with van der Waals surface area (Å²) in [6, 6.07) is 5.02. The Morgan fingerprint density at radius 3 is 1.96 bits per heavy atom. The van der Waals surface area contributed by atoms with Crippen molar-refractivity contribution in [2.75, 3.05) is 13.2 Å². The van der Waals surface area contributed by atoms with Crippen molar-refractivity contribution < 1.29 is 35.2 Å². The van der Waals surface area contributed by atoms with Gasteiger partial charge in [-0.3, -0.25) is 4.57 Å². The number of hydrogen-bond donors (Lipinski definition) is 0. The van der Waals surface area contributed by atoms with Gasteiger partial charge in [0.25, 0.3) is 10.0 Å². The Morgan fingerprint density at radius 1 is 1.12 bits per heavy atom. The van der Waals surface area contributed by atoms with Gasteiger partial charge in [-0.1, -0.05) is 17.7 Å². The van der Waals surface area contributed by atoms with Crippen molar-refractivity contribution in [3.05, 3.63) is 29.8 Å². The van der Waals surface area contributed by atoms with Crippen LogP contribution >= 0.6 is 7.60 Å². The van der Waals surface area contributed by atoms with Crippen molar-refractivity contribution >= 4 is 23.1 Å². The molecule has 0 radical (unpaired) electrons. The molecule has 1 aromatic rings. The van der Waals surface area contributed by atoms with Crippen molar-refractivity contribution in [2.24, 2.45) is 4.40 Å². The highest BCUT2D eigenvalue weighted by Gasteiger charge is 2.51. The largest absolute Gasteiger partial charge is 0.442 e. The van der Waals surface area contributed by atoms with Crippen molar-refractivity contribution in [1.29, 1.82) is 0 Å². The summed E-state index contributed by atoms with van der Waals surface area (Å²) in [5.41, 5.74) is -1.39. The van der Waals surface area contributed by atoms with Gasteiger partial charge in [-0.05, 0) is 32.9 Å². The predicted octanol–water partition coefficient (Wildman–Crippen LogP) is 3.91. The van der Waals surface area contributed by atoms with Gasteiger partial charge in [-0.15, -0.1) is 4.40 Å². The zero-order chi connectivity index (χ0) is 18.6. The van der Waals surface area contributed by atoms with Gasteiger partial charge in [0.1, 0.15) is 0 Å². The number of hydrogen-bond acceptors (Lipinski definition) is 5. The quantitative estimate of drug-likeness (QED) is 0.523. The topological polar surface area (TPSA) is 82.0 Å². The molecule has 1 rings (SSSR count). The Bertz CT molecular complexity index is 734. The van der Waals surface area contributed by atoms with Crippen molar-refractivity contribution in [2.45, 2.75) is 31.8 Å². The van der Waals surface area contributed by atoms with Crippen LogP contribution < -0.4 is 0 Å². The van der Waals surface area contributed by atoms with Gasteiger partial charge in [-0.2, -0.15) is 21.6 Å². The number of aryl methyl sites for hydroxylation is 1. The number of rotatable bonds is 7. The first-order valence-corrected chi connectivity index (χ1v) is 9.83. The maximum atomic E-state index is 13.2. The molecule has 0 aromatic heterocycles. The van der Waals surface area contributed by atoms with Gasteiger partial charge in [0.2, 0.25) is 5.45 Å². The molecule has 0 saturated heterocycles. The molecule has 0 atom stereocenters. The van der Waals surface area contributed by atoms with Crippen molar-refractivity contribution in [3.8, 4) is 0 Å². The molecule has 6 nitrogen and oxygen atoms in total. The van der Waals surface area contributed by atoms with Crippen LogP contribution in [0.15, 0.2) is 33.6 Å². The molecule has 0 unspecified atom stereocenters. The highest BCUT2D eigenvalue weighted by Crippen LogP contribution is 2.54. The van der Waals surface area contributed by atoms with Crippen LogP contribution in [0.25, 0.3) is 0 Å². The summed E-state index contributed by atoms with van der Waals surface area (Å²) in [7, 11) is -9.68. The number of alkyl halides is 3. The number of nitrogens with zero attached hydrogens (tertiary/aromatic N) is 1. The Balaban J connectivity index is 3.52. The van der Waals surface area contributed by atoms with E-state index in [0.717, 1.165) is 12.1 Å². The van der Waals surface area contributed by atoms with E-state index in [1.165, 1.54) is 26.0 Å². The third-order valence-corrected chi connectivity index (χ3v) is 6.13. The first-order valence-electron chi connectivity index (χ1n) is 6.84. The number of sulfonamides is 1. The Morgan fingerprint density at radius 2 is 1.58 bits per heavy atom. The van der Waals surface area contributed by atoms with Crippen molar-refractivity contribution in [1.82, 2.24) is 0 Å². The Hall–Kier alpha value is -1.22. The first-order chi connectivity index (χ1) is 11.0. The molecule has 1 aromatic carbocycles. The van der Waals surface area contributed by atoms with Gasteiger partial charge in [0.05, 0.1) is 18.1 Å². The molecule has 0 saturated carbocycles. The average molecular weight is 387 g/mol. The average Bonchev–Trinajstić information content (AvgIpc) is 2.44. The monoisotopic (exact) mass is 387 g/mol. The fourth-order valence-electron chi connectivity index (χ4n) is 1.63. The van der Waals surface area contributed by atoms with Gasteiger partial charge < -0.3 is 9.05 Å². The molecular formula is C13H17F3NO5PS. The molecule has 0 bridgehead atoms. The number of benzene rings is 1. The summed E-state index contributed by atoms with van der Waals surface area (Å²) in [5, 5.41) is 0. The van der Waals surface area contributed by atoms with E-state index in [0.29, 0.717) is 5.56 Å². The highest BCUT2D eigenvalue weighted by atomic mass is 32.2. The van der Waals surface area contributed by atoms with Gasteiger partial charge >= 0.3 is 13.8 Å². The number of halogens is 3. The van der Waals surface area contributed by atoms with Gasteiger partial charge in [0.15, 0.2) is 0 Å². The smallest absolute Gasteiger partial charge is 0.304 e. The van der Waals surface area contributed by atoms with Crippen LogP contribution in [-0.4, -0.2) is 33.3 Å². The SMILES string of the molecule is CCOP(=O)(OCC)/C(=N\S(=O)(=O)c1ccc(C)cc1)C(F)(F)F. The second kappa shape index (κ2) is 7.77. The van der Waals surface area contributed by atoms with E-state index in [-0.39, 0.29) is 13.2 Å². The lowest BCUT2D eigenvalue weighted by Crippen LogP contribution is -2.26. The lowest BCUT2D eigenvalue weighted by molar-refractivity contribution is -0.0571. The molecule has 0 fully saturated rings.